The van der Waals surface area contributed by atoms with E-state index in [-0.39, 0.29) is 12.5 Å². The van der Waals surface area contributed by atoms with Crippen LogP contribution in [0.2, 0.25) is 0 Å². The molecule has 8 nitrogen and oxygen atoms in total. The third-order valence-electron chi connectivity index (χ3n) is 15.7. The van der Waals surface area contributed by atoms with Gasteiger partial charge >= 0.3 is 0 Å². The number of nitrogens with one attached hydrogen (secondary N) is 1. The highest BCUT2D eigenvalue weighted by Crippen LogP contribution is 2.38. The van der Waals surface area contributed by atoms with Crippen LogP contribution in [0.3, 0.4) is 0 Å². The molecule has 0 radical (unpaired) electrons. The van der Waals surface area contributed by atoms with Crippen molar-refractivity contribution in [3.63, 3.8) is 0 Å². The van der Waals surface area contributed by atoms with E-state index in [1.165, 1.54) is 212 Å². The number of unbranched alkanes of at least 4 members (excludes halogenated alkanes) is 36. The van der Waals surface area contributed by atoms with Gasteiger partial charge < -0.3 is 28.8 Å². The summed E-state index contributed by atoms with van der Waals surface area (Å²) in [4.78, 5) is 25.6. The molecule has 0 bridgehead atoms. The summed E-state index contributed by atoms with van der Waals surface area (Å²) in [5, 5.41) is 13.9. The third kappa shape index (κ3) is 68.5. The quantitative estimate of drug-likeness (QED) is 0.0272. The molecule has 0 fully saturated rings. The first-order valence-electron chi connectivity index (χ1n) is 35.7. The van der Waals surface area contributed by atoms with Gasteiger partial charge in [0.05, 0.1) is 39.9 Å². The molecule has 0 saturated heterocycles. The van der Waals surface area contributed by atoms with Crippen molar-refractivity contribution in [2.45, 2.75) is 328 Å². The van der Waals surface area contributed by atoms with Crippen LogP contribution in [0.25, 0.3) is 0 Å². The minimum Gasteiger partial charge on any atom is -0.756 e. The highest BCUT2D eigenvalue weighted by atomic mass is 31.2. The Hall–Kier alpha value is -2.84. The molecule has 0 saturated carbocycles. The predicted molar refractivity (Wildman–Crippen MR) is 371 cm³/mol. The molecule has 0 spiro atoms. The molecule has 0 aromatic rings. The highest BCUT2D eigenvalue weighted by molar-refractivity contribution is 7.45. The van der Waals surface area contributed by atoms with Crippen molar-refractivity contribution in [1.82, 2.24) is 5.32 Å². The fraction of sp³-hybridized carbons (Fsp3) is 0.750. The lowest BCUT2D eigenvalue weighted by Crippen LogP contribution is -2.45. The first-order chi connectivity index (χ1) is 41.5. The second-order valence-corrected chi connectivity index (χ2v) is 26.6. The Bertz CT molecular complexity index is 1760. The summed E-state index contributed by atoms with van der Waals surface area (Å²) in [6.45, 7) is 4.53. The number of allylic oxidation sites excluding steroid dienone is 17. The number of phosphoric ester groups is 1. The van der Waals surface area contributed by atoms with Gasteiger partial charge in [0.15, 0.2) is 0 Å². The lowest BCUT2D eigenvalue weighted by molar-refractivity contribution is -0.870. The molecule has 0 aromatic carbocycles. The number of hydrogen-bond acceptors (Lipinski definition) is 6. The van der Waals surface area contributed by atoms with Crippen LogP contribution >= 0.6 is 7.82 Å². The summed E-state index contributed by atoms with van der Waals surface area (Å²) < 4.78 is 23.4. The molecular formula is C76H137N2O6P. The summed E-state index contributed by atoms with van der Waals surface area (Å²) >= 11 is 0. The molecule has 9 heteroatoms. The number of hydrogen-bond donors (Lipinski definition) is 2. The van der Waals surface area contributed by atoms with E-state index in [2.05, 4.69) is 116 Å². The second-order valence-electron chi connectivity index (χ2n) is 25.2. The Balaban J connectivity index is 4.14. The number of aliphatic hydroxyl groups excluding tert-OH is 1. The fourth-order valence-electron chi connectivity index (χ4n) is 10.2. The minimum absolute atomic E-state index is 0.0129. The third-order valence-corrected chi connectivity index (χ3v) is 16.7. The molecule has 0 aliphatic carbocycles. The van der Waals surface area contributed by atoms with Gasteiger partial charge in [-0.25, -0.2) is 0 Å². The predicted octanol–water partition coefficient (Wildman–Crippen LogP) is 22.4. The molecule has 1 amide bonds. The Morgan fingerprint density at radius 2 is 0.729 bits per heavy atom. The summed E-state index contributed by atoms with van der Waals surface area (Å²) in [5.41, 5.74) is 0. The van der Waals surface area contributed by atoms with Gasteiger partial charge in [0.25, 0.3) is 7.82 Å². The molecule has 85 heavy (non-hydrogen) atoms. The van der Waals surface area contributed by atoms with Gasteiger partial charge in [-0.05, 0) is 96.3 Å². The smallest absolute Gasteiger partial charge is 0.268 e. The zero-order valence-corrected chi connectivity index (χ0v) is 57.2. The molecule has 3 atom stereocenters. The number of nitrogens with zero attached hydrogens (tertiary/aromatic N) is 1. The van der Waals surface area contributed by atoms with E-state index >= 15 is 0 Å². The van der Waals surface area contributed by atoms with Crippen LogP contribution in [-0.2, 0) is 18.4 Å². The maximum atomic E-state index is 13.0. The first-order valence-corrected chi connectivity index (χ1v) is 37.2. The van der Waals surface area contributed by atoms with Gasteiger partial charge in [-0.2, -0.15) is 0 Å². The number of carbonyl (C=O) groups excluding carboxylic acids is 1. The van der Waals surface area contributed by atoms with Gasteiger partial charge in [-0.3, -0.25) is 9.36 Å². The Morgan fingerprint density at radius 1 is 0.424 bits per heavy atom. The summed E-state index contributed by atoms with van der Waals surface area (Å²) in [7, 11) is 1.23. The SMILES string of the molecule is CC/C=C\C/C=C\C/C=C\C/C=C\C/C=C\C/C=C\CCCCCCCCCCCCCCCCC(=O)NC(COP(=O)([O-])OCC[N+](C)(C)C)C(O)/C=C/CC/C=C/CC/C=C/CCCCCCCCCCCCCCCCCCCCCC. The Labute approximate surface area is 527 Å². The van der Waals surface area contributed by atoms with E-state index in [9.17, 15) is 19.4 Å². The fourth-order valence-corrected chi connectivity index (χ4v) is 10.9. The number of quaternary nitrogens is 1. The molecule has 0 heterocycles. The van der Waals surface area contributed by atoms with Gasteiger partial charge in [-0.1, -0.05) is 322 Å². The zero-order chi connectivity index (χ0) is 61.9. The van der Waals surface area contributed by atoms with E-state index in [0.29, 0.717) is 17.4 Å². The molecule has 0 aliphatic heterocycles. The maximum absolute atomic E-state index is 13.0. The van der Waals surface area contributed by atoms with Crippen LogP contribution in [0.4, 0.5) is 0 Å². The zero-order valence-electron chi connectivity index (χ0n) is 56.3. The van der Waals surface area contributed by atoms with Crippen LogP contribution in [0.5, 0.6) is 0 Å². The van der Waals surface area contributed by atoms with Crippen LogP contribution in [0.15, 0.2) is 109 Å². The van der Waals surface area contributed by atoms with Crippen molar-refractivity contribution in [2.24, 2.45) is 0 Å². The summed E-state index contributed by atoms with van der Waals surface area (Å²) in [6, 6.07) is -0.918. The van der Waals surface area contributed by atoms with E-state index < -0.39 is 26.6 Å². The molecule has 492 valence electrons. The molecule has 0 rings (SSSR count). The van der Waals surface area contributed by atoms with E-state index in [1.807, 2.05) is 27.2 Å². The normalized spacial score (nSPS) is 14.3. The molecule has 0 aromatic heterocycles. The van der Waals surface area contributed by atoms with E-state index in [0.717, 1.165) is 83.5 Å². The van der Waals surface area contributed by atoms with Crippen molar-refractivity contribution < 1.29 is 32.9 Å². The van der Waals surface area contributed by atoms with Gasteiger partial charge in [0.1, 0.15) is 13.2 Å². The van der Waals surface area contributed by atoms with E-state index in [1.54, 1.807) is 6.08 Å². The molecule has 0 aliphatic rings. The second kappa shape index (κ2) is 65.6. The summed E-state index contributed by atoms with van der Waals surface area (Å²) in [6.07, 6.45) is 96.5. The van der Waals surface area contributed by atoms with Crippen molar-refractivity contribution in [2.75, 3.05) is 40.9 Å². The van der Waals surface area contributed by atoms with Crippen LogP contribution in [0.1, 0.15) is 316 Å². The van der Waals surface area contributed by atoms with Crippen LogP contribution in [-0.4, -0.2) is 68.5 Å². The van der Waals surface area contributed by atoms with Crippen LogP contribution in [0, 0.1) is 0 Å². The van der Waals surface area contributed by atoms with Gasteiger partial charge in [0, 0.05) is 6.42 Å². The number of likely N-dealkylation sites (N-methyl/N-ethyl adjacent to an activating group) is 1. The largest absolute Gasteiger partial charge is 0.756 e. The van der Waals surface area contributed by atoms with Gasteiger partial charge in [0.2, 0.25) is 5.91 Å². The van der Waals surface area contributed by atoms with Gasteiger partial charge in [-0.15, -0.1) is 0 Å². The molecule has 3 unspecified atom stereocenters. The van der Waals surface area contributed by atoms with Crippen molar-refractivity contribution in [3.05, 3.63) is 109 Å². The monoisotopic (exact) mass is 1210 g/mol. The minimum atomic E-state index is -4.62. The number of rotatable bonds is 65. The average molecular weight is 1210 g/mol. The standard InChI is InChI=1S/C76H137N2O6P/c1-6-8-10-12-14-16-18-20-22-24-26-28-30-32-34-36-38-39-40-42-44-46-48-50-52-54-56-58-60-62-64-66-68-70-76(80)77-74(73-84-85(81,82)83-72-71-78(3,4)5)75(79)69-67-65-63-61-59-57-55-53-51-49-47-45-43-41-37-35-33-31-29-27-25-23-21-19-17-15-13-11-9-7-2/h8,10,14,16,20,22,26,28,32,34,38-39,51,53,59,61,67,69,74-75,79H,6-7,9,11-13,15,17-19,21,23-25,27,29-31,33,35-37,40-50,52,54-58,60,62-66,68,70-73H2,1-5H3,(H-,77,80,81,82)/b10-8-,16-14-,22-20-,28-26-,34-32-,39-38-,53-51+,61-59+,69-67+. The number of amides is 1. The van der Waals surface area contributed by atoms with Crippen molar-refractivity contribution >= 4 is 13.7 Å². The molecule has 2 N–H and O–H groups in total. The average Bonchev–Trinajstić information content (AvgIpc) is 3.49. The lowest BCUT2D eigenvalue weighted by Gasteiger charge is -2.29. The topological polar surface area (TPSA) is 108 Å². The van der Waals surface area contributed by atoms with Crippen molar-refractivity contribution in [3.8, 4) is 0 Å². The maximum Gasteiger partial charge on any atom is 0.268 e. The Kier molecular flexibility index (Phi) is 63.4. The van der Waals surface area contributed by atoms with E-state index in [4.69, 9.17) is 9.05 Å². The number of phosphoric acid groups is 1. The van der Waals surface area contributed by atoms with Crippen LogP contribution < -0.4 is 10.2 Å². The number of aliphatic hydroxyl groups is 1. The highest BCUT2D eigenvalue weighted by Gasteiger charge is 2.23. The Morgan fingerprint density at radius 3 is 1.09 bits per heavy atom. The molecular weight excluding hydrogens is 1070 g/mol. The number of carbonyl (C=O) groups is 1. The summed E-state index contributed by atoms with van der Waals surface area (Å²) in [5.74, 6) is -0.213. The first kappa shape index (κ1) is 82.2. The van der Waals surface area contributed by atoms with Crippen molar-refractivity contribution in [1.29, 1.82) is 0 Å². The lowest BCUT2D eigenvalue weighted by atomic mass is 10.0.